The highest BCUT2D eigenvalue weighted by molar-refractivity contribution is 4.46. The van der Waals surface area contributed by atoms with Crippen LogP contribution in [0.3, 0.4) is 0 Å². The Kier molecular flexibility index (Phi) is 2.82. The van der Waals surface area contributed by atoms with Crippen LogP contribution in [0.4, 0.5) is 13.2 Å². The number of ether oxygens (including phenoxy) is 1. The Hall–Kier alpha value is -0.250. The van der Waals surface area contributed by atoms with Gasteiger partial charge in [-0.05, 0) is 0 Å². The van der Waals surface area contributed by atoms with Gasteiger partial charge in [-0.1, -0.05) is 0 Å². The van der Waals surface area contributed by atoms with Crippen LogP contribution in [0.5, 0.6) is 0 Å². The third-order valence-electron chi connectivity index (χ3n) is 0.590. The van der Waals surface area contributed by atoms with Crippen molar-refractivity contribution in [2.24, 2.45) is 0 Å². The maximum Gasteiger partial charge on any atom is 0.391 e. The minimum atomic E-state index is -4.07. The molecule has 0 saturated carbocycles. The van der Waals surface area contributed by atoms with Crippen LogP contribution in [0, 0.1) is 0 Å². The lowest BCUT2D eigenvalue weighted by Crippen LogP contribution is -2.10. The first kappa shape index (κ1) is 7.75. The van der Waals surface area contributed by atoms with Crippen LogP contribution in [0.2, 0.25) is 0 Å². The fourth-order valence-corrected chi connectivity index (χ4v) is 0.218. The Bertz CT molecular complexity index is 58.8. The van der Waals surface area contributed by atoms with Gasteiger partial charge in [0.2, 0.25) is 0 Å². The van der Waals surface area contributed by atoms with E-state index in [1.165, 1.54) is 7.11 Å². The highest BCUT2D eigenvalue weighted by atomic mass is 19.4. The van der Waals surface area contributed by atoms with Crippen molar-refractivity contribution in [1.29, 1.82) is 0 Å². The van der Waals surface area contributed by atoms with Gasteiger partial charge in [-0.15, -0.1) is 0 Å². The maximum atomic E-state index is 11.2. The Labute approximate surface area is 45.4 Å². The van der Waals surface area contributed by atoms with Gasteiger partial charge in [0.05, 0.1) is 13.0 Å². The molecule has 0 radical (unpaired) electrons. The average Bonchev–Trinajstić information content (AvgIpc) is 1.59. The van der Waals surface area contributed by atoms with Gasteiger partial charge < -0.3 is 4.74 Å². The van der Waals surface area contributed by atoms with E-state index in [0.717, 1.165) is 0 Å². The lowest BCUT2D eigenvalue weighted by Gasteiger charge is -2.02. The summed E-state index contributed by atoms with van der Waals surface area (Å²) in [5.41, 5.74) is 0. The summed E-state index contributed by atoms with van der Waals surface area (Å²) in [5, 5.41) is 0. The first-order chi connectivity index (χ1) is 3.56. The van der Waals surface area contributed by atoms with Gasteiger partial charge in [-0.25, -0.2) is 0 Å². The molecule has 8 heavy (non-hydrogen) atoms. The third-order valence-corrected chi connectivity index (χ3v) is 0.590. The van der Waals surface area contributed by atoms with Gasteiger partial charge in [0, 0.05) is 7.11 Å². The second-order valence-corrected chi connectivity index (χ2v) is 1.36. The molecule has 0 fully saturated rings. The maximum absolute atomic E-state index is 11.2. The molecule has 0 aliphatic rings. The van der Waals surface area contributed by atoms with Crippen LogP contribution in [0.25, 0.3) is 0 Å². The van der Waals surface area contributed by atoms with Gasteiger partial charge in [0.15, 0.2) is 0 Å². The van der Waals surface area contributed by atoms with Gasteiger partial charge in [-0.3, -0.25) is 0 Å². The average molecular weight is 128 g/mol. The highest BCUT2D eigenvalue weighted by Crippen LogP contribution is 2.18. The minimum Gasteiger partial charge on any atom is -0.384 e. The normalized spacial score (nSPS) is 12.0. The molecule has 0 heterocycles. The summed E-state index contributed by atoms with van der Waals surface area (Å²) in [6.07, 6.45) is -4.93. The first-order valence-electron chi connectivity index (χ1n) is 2.12. The van der Waals surface area contributed by atoms with Crippen LogP contribution in [-0.4, -0.2) is 19.9 Å². The van der Waals surface area contributed by atoms with Crippen LogP contribution in [0.15, 0.2) is 0 Å². The topological polar surface area (TPSA) is 9.23 Å². The third kappa shape index (κ3) is 5.75. The molecular formula is C4H7F3O. The van der Waals surface area contributed by atoms with Crippen molar-refractivity contribution < 1.29 is 17.9 Å². The summed E-state index contributed by atoms with van der Waals surface area (Å²) in [4.78, 5) is 0. The predicted molar refractivity (Wildman–Crippen MR) is 22.5 cm³/mol. The second-order valence-electron chi connectivity index (χ2n) is 1.36. The lowest BCUT2D eigenvalue weighted by atomic mass is 10.4. The van der Waals surface area contributed by atoms with Crippen molar-refractivity contribution in [3.8, 4) is 0 Å². The number of rotatable bonds is 2. The van der Waals surface area contributed by atoms with Gasteiger partial charge in [0.25, 0.3) is 0 Å². The largest absolute Gasteiger partial charge is 0.391 e. The van der Waals surface area contributed by atoms with E-state index in [2.05, 4.69) is 4.74 Å². The van der Waals surface area contributed by atoms with Crippen molar-refractivity contribution in [1.82, 2.24) is 0 Å². The fraction of sp³-hybridized carbons (Fsp3) is 1.00. The molecule has 0 aliphatic carbocycles. The standard InChI is InChI=1S/C4H7F3O/c1-8-3-2-4(5,6)7/h2-3H2,1H3. The molecule has 0 saturated heterocycles. The number of hydrogen-bond donors (Lipinski definition) is 0. The van der Waals surface area contributed by atoms with Crippen LogP contribution in [-0.2, 0) is 4.74 Å². The minimum absolute atomic E-state index is 0.247. The van der Waals surface area contributed by atoms with Crippen molar-refractivity contribution in [2.75, 3.05) is 13.7 Å². The van der Waals surface area contributed by atoms with E-state index in [4.69, 9.17) is 0 Å². The molecule has 0 bridgehead atoms. The van der Waals surface area contributed by atoms with Crippen LogP contribution < -0.4 is 0 Å². The van der Waals surface area contributed by atoms with E-state index in [1.54, 1.807) is 0 Å². The van der Waals surface area contributed by atoms with Crippen molar-refractivity contribution in [2.45, 2.75) is 12.6 Å². The molecule has 0 rings (SSSR count). The molecule has 0 atom stereocenters. The van der Waals surface area contributed by atoms with Crippen molar-refractivity contribution in [3.63, 3.8) is 0 Å². The van der Waals surface area contributed by atoms with Crippen molar-refractivity contribution in [3.05, 3.63) is 0 Å². The molecule has 0 aromatic carbocycles. The predicted octanol–water partition coefficient (Wildman–Crippen LogP) is 1.59. The quantitative estimate of drug-likeness (QED) is 0.548. The van der Waals surface area contributed by atoms with E-state index in [9.17, 15) is 13.2 Å². The van der Waals surface area contributed by atoms with Gasteiger partial charge >= 0.3 is 6.18 Å². The fourth-order valence-electron chi connectivity index (χ4n) is 0.218. The second kappa shape index (κ2) is 2.91. The summed E-state index contributed by atoms with van der Waals surface area (Å²) in [5.74, 6) is 0. The summed E-state index contributed by atoms with van der Waals surface area (Å²) < 4.78 is 37.7. The monoisotopic (exact) mass is 128 g/mol. The molecule has 0 unspecified atom stereocenters. The molecule has 50 valence electrons. The Morgan fingerprint density at radius 2 is 1.88 bits per heavy atom. The van der Waals surface area contributed by atoms with Gasteiger partial charge in [-0.2, -0.15) is 13.2 Å². The number of methoxy groups -OCH3 is 1. The molecule has 0 aromatic rings. The van der Waals surface area contributed by atoms with E-state index in [0.29, 0.717) is 0 Å². The van der Waals surface area contributed by atoms with E-state index >= 15 is 0 Å². The Balaban J connectivity index is 3.11. The molecule has 4 heteroatoms. The molecule has 0 aliphatic heterocycles. The zero-order chi connectivity index (χ0) is 6.62. The van der Waals surface area contributed by atoms with E-state index < -0.39 is 12.6 Å². The van der Waals surface area contributed by atoms with E-state index in [1.807, 2.05) is 0 Å². The summed E-state index contributed by atoms with van der Waals surface area (Å²) in [7, 11) is 1.24. The molecule has 1 nitrogen and oxygen atoms in total. The Morgan fingerprint density at radius 3 is 2.00 bits per heavy atom. The summed E-state index contributed by atoms with van der Waals surface area (Å²) in [6, 6.07) is 0. The zero-order valence-electron chi connectivity index (χ0n) is 4.46. The Morgan fingerprint density at radius 1 is 1.38 bits per heavy atom. The number of halogens is 3. The molecule has 0 aromatic heterocycles. The summed E-state index contributed by atoms with van der Waals surface area (Å²) in [6.45, 7) is -0.247. The smallest absolute Gasteiger partial charge is 0.384 e. The molecular weight excluding hydrogens is 121 g/mol. The first-order valence-corrected chi connectivity index (χ1v) is 2.12. The van der Waals surface area contributed by atoms with Crippen molar-refractivity contribution >= 4 is 0 Å². The number of hydrogen-bond acceptors (Lipinski definition) is 1. The molecule has 0 N–H and O–H groups in total. The zero-order valence-corrected chi connectivity index (χ0v) is 4.46. The SMILES string of the molecule is COCCC(F)(F)F. The molecule has 0 spiro atoms. The highest BCUT2D eigenvalue weighted by Gasteiger charge is 2.25. The lowest BCUT2D eigenvalue weighted by molar-refractivity contribution is -0.143. The molecule has 0 amide bonds. The number of alkyl halides is 3. The van der Waals surface area contributed by atoms with Crippen LogP contribution in [0.1, 0.15) is 6.42 Å². The summed E-state index contributed by atoms with van der Waals surface area (Å²) >= 11 is 0. The van der Waals surface area contributed by atoms with E-state index in [-0.39, 0.29) is 6.61 Å². The van der Waals surface area contributed by atoms with Crippen LogP contribution >= 0.6 is 0 Å². The van der Waals surface area contributed by atoms with Gasteiger partial charge in [0.1, 0.15) is 0 Å².